The van der Waals surface area contributed by atoms with Crippen molar-refractivity contribution < 1.29 is 27.9 Å². The van der Waals surface area contributed by atoms with Crippen molar-refractivity contribution in [2.45, 2.75) is 64.3 Å². The molecule has 7 nitrogen and oxygen atoms in total. The second-order valence-corrected chi connectivity index (χ2v) is 16.5. The van der Waals surface area contributed by atoms with Gasteiger partial charge in [-0.25, -0.2) is 4.98 Å². The van der Waals surface area contributed by atoms with Crippen molar-refractivity contribution in [2.75, 3.05) is 19.5 Å². The molecule has 1 heterocycles. The predicted molar refractivity (Wildman–Crippen MR) is 156 cm³/mol. The molecule has 40 heavy (non-hydrogen) atoms. The van der Waals surface area contributed by atoms with Crippen LogP contribution in [-0.4, -0.2) is 44.8 Å². The molecule has 4 rings (SSSR count). The van der Waals surface area contributed by atoms with Crippen LogP contribution in [0.15, 0.2) is 48.5 Å². The number of halogens is 1. The van der Waals surface area contributed by atoms with E-state index in [4.69, 9.17) is 13.9 Å². The van der Waals surface area contributed by atoms with E-state index in [0.29, 0.717) is 46.8 Å². The number of amides is 1. The number of hydrogen-bond donors (Lipinski definition) is 1. The fraction of sp³-hybridized carbons (Fsp3) is 0.387. The lowest BCUT2D eigenvalue weighted by Gasteiger charge is -2.39. The third-order valence-corrected chi connectivity index (χ3v) is 12.4. The Labute approximate surface area is 236 Å². The molecule has 0 saturated heterocycles. The smallest absolute Gasteiger partial charge is 0.255 e. The Bertz CT molecular complexity index is 1440. The number of anilines is 1. The highest BCUT2D eigenvalue weighted by Crippen LogP contribution is 2.49. The summed E-state index contributed by atoms with van der Waals surface area (Å²) in [5.41, 5.74) is 1.68. The molecule has 3 aromatic rings. The molecule has 2 aromatic carbocycles. The largest absolute Gasteiger partial charge is 0.497 e. The van der Waals surface area contributed by atoms with Crippen LogP contribution < -0.4 is 14.8 Å². The lowest BCUT2D eigenvalue weighted by Crippen LogP contribution is -2.47. The van der Waals surface area contributed by atoms with Crippen molar-refractivity contribution in [3.63, 3.8) is 0 Å². The first-order valence-corrected chi connectivity index (χ1v) is 16.2. The van der Waals surface area contributed by atoms with Crippen molar-refractivity contribution in [1.29, 1.82) is 0 Å². The number of hydrogen-bond acceptors (Lipinski definition) is 6. The minimum Gasteiger partial charge on any atom is -0.497 e. The fourth-order valence-electron chi connectivity index (χ4n) is 4.25. The number of rotatable bonds is 9. The molecule has 212 valence electrons. The van der Waals surface area contributed by atoms with Gasteiger partial charge in [-0.05, 0) is 79.9 Å². The molecule has 1 amide bonds. The number of carbonyl (C=O) groups is 2. The summed E-state index contributed by atoms with van der Waals surface area (Å²) < 4.78 is 32.3. The lowest BCUT2D eigenvalue weighted by atomic mass is 10.0. The Morgan fingerprint density at radius 2 is 1.60 bits per heavy atom. The van der Waals surface area contributed by atoms with Gasteiger partial charge in [0.15, 0.2) is 14.1 Å². The molecular formula is C31H37FN2O5Si. The van der Waals surface area contributed by atoms with Crippen LogP contribution in [0, 0.1) is 12.9 Å². The predicted octanol–water partition coefficient (Wildman–Crippen LogP) is 7.20. The van der Waals surface area contributed by atoms with Crippen LogP contribution in [0.3, 0.4) is 0 Å². The van der Waals surface area contributed by atoms with Crippen LogP contribution in [0.25, 0.3) is 11.3 Å². The van der Waals surface area contributed by atoms with Crippen molar-refractivity contribution in [1.82, 2.24) is 4.98 Å². The highest BCUT2D eigenvalue weighted by atomic mass is 28.4. The standard InChI is InChI=1S/C31H37FN2O5Si/c1-19-9-10-21(33-29(36)20-15-22(37-5)18-23(16-20)38-6)17-25(19)26-12-11-24(28(32)34-26)27(35)31(13-14-31)39-40(7,8)30(2,3)4/h9-12,15-18H,13-14H2,1-8H3,(H,33,36). The average molecular weight is 565 g/mol. The summed E-state index contributed by atoms with van der Waals surface area (Å²) in [5.74, 6) is -0.550. The zero-order chi connectivity index (χ0) is 29.5. The first-order valence-electron chi connectivity index (χ1n) is 13.3. The zero-order valence-corrected chi connectivity index (χ0v) is 25.4. The van der Waals surface area contributed by atoms with Gasteiger partial charge in [0.25, 0.3) is 5.91 Å². The fourth-order valence-corrected chi connectivity index (χ4v) is 5.83. The van der Waals surface area contributed by atoms with E-state index in [1.54, 1.807) is 36.4 Å². The van der Waals surface area contributed by atoms with Gasteiger partial charge in [0.1, 0.15) is 17.1 Å². The van der Waals surface area contributed by atoms with Crippen molar-refractivity contribution in [2.24, 2.45) is 0 Å². The number of ether oxygens (including phenoxy) is 2. The molecule has 1 fully saturated rings. The topological polar surface area (TPSA) is 86.8 Å². The van der Waals surface area contributed by atoms with E-state index in [1.807, 2.05) is 13.0 Å². The second kappa shape index (κ2) is 10.8. The number of benzene rings is 2. The van der Waals surface area contributed by atoms with Crippen LogP contribution >= 0.6 is 0 Å². The highest BCUT2D eigenvalue weighted by molar-refractivity contribution is 6.74. The Kier molecular flexibility index (Phi) is 7.93. The van der Waals surface area contributed by atoms with Gasteiger partial charge in [0, 0.05) is 22.9 Å². The van der Waals surface area contributed by atoms with E-state index in [9.17, 15) is 9.59 Å². The summed E-state index contributed by atoms with van der Waals surface area (Å²) in [6.07, 6.45) is 1.17. The molecule has 0 atom stereocenters. The van der Waals surface area contributed by atoms with E-state index in [1.165, 1.54) is 20.3 Å². The number of aryl methyl sites for hydroxylation is 1. The van der Waals surface area contributed by atoms with Gasteiger partial charge in [-0.15, -0.1) is 0 Å². The molecule has 1 aliphatic carbocycles. The number of carbonyl (C=O) groups excluding carboxylic acids is 2. The number of pyridine rings is 1. The minimum atomic E-state index is -2.23. The molecule has 0 radical (unpaired) electrons. The zero-order valence-electron chi connectivity index (χ0n) is 24.4. The maximum absolute atomic E-state index is 15.3. The number of ketones is 1. The van der Waals surface area contributed by atoms with E-state index >= 15 is 4.39 Å². The van der Waals surface area contributed by atoms with E-state index < -0.39 is 19.9 Å². The normalized spacial score (nSPS) is 14.4. The molecule has 1 N–H and O–H groups in total. The summed E-state index contributed by atoms with van der Waals surface area (Å²) in [5, 5.41) is 2.80. The first kappa shape index (κ1) is 29.4. The molecule has 0 bridgehead atoms. The Morgan fingerprint density at radius 3 is 2.12 bits per heavy atom. The third-order valence-electron chi connectivity index (χ3n) is 7.85. The highest BCUT2D eigenvalue weighted by Gasteiger charge is 2.56. The molecule has 0 aliphatic heterocycles. The molecule has 1 aromatic heterocycles. The maximum atomic E-state index is 15.3. The maximum Gasteiger partial charge on any atom is 0.255 e. The first-order chi connectivity index (χ1) is 18.7. The quantitative estimate of drug-likeness (QED) is 0.168. The van der Waals surface area contributed by atoms with Gasteiger partial charge < -0.3 is 19.2 Å². The summed E-state index contributed by atoms with van der Waals surface area (Å²) in [4.78, 5) is 30.6. The van der Waals surface area contributed by atoms with E-state index in [-0.39, 0.29) is 22.3 Å². The monoisotopic (exact) mass is 564 g/mol. The third kappa shape index (κ3) is 5.95. The number of Topliss-reactive ketones (excluding diaryl/α,β-unsaturated/α-hetero) is 1. The minimum absolute atomic E-state index is 0.0611. The van der Waals surface area contributed by atoms with Crippen LogP contribution in [0.1, 0.15) is 59.9 Å². The number of aromatic nitrogens is 1. The second-order valence-electron chi connectivity index (χ2n) is 11.8. The molecule has 9 heteroatoms. The van der Waals surface area contributed by atoms with Crippen molar-refractivity contribution in [3.05, 3.63) is 71.2 Å². The van der Waals surface area contributed by atoms with Gasteiger partial charge in [0.05, 0.1) is 25.5 Å². The van der Waals surface area contributed by atoms with E-state index in [2.05, 4.69) is 44.2 Å². The van der Waals surface area contributed by atoms with Crippen LogP contribution in [-0.2, 0) is 4.43 Å². The number of methoxy groups -OCH3 is 2. The summed E-state index contributed by atoms with van der Waals surface area (Å²) >= 11 is 0. The molecular weight excluding hydrogens is 527 g/mol. The Morgan fingerprint density at radius 1 is 0.975 bits per heavy atom. The lowest BCUT2D eigenvalue weighted by molar-refractivity contribution is 0.0709. The van der Waals surface area contributed by atoms with Gasteiger partial charge in [-0.2, -0.15) is 4.39 Å². The molecule has 1 aliphatic rings. The van der Waals surface area contributed by atoms with Gasteiger partial charge in [0.2, 0.25) is 5.95 Å². The van der Waals surface area contributed by atoms with Crippen molar-refractivity contribution >= 4 is 25.7 Å². The van der Waals surface area contributed by atoms with Crippen molar-refractivity contribution in [3.8, 4) is 22.8 Å². The van der Waals surface area contributed by atoms with Crippen LogP contribution in [0.2, 0.25) is 18.1 Å². The van der Waals surface area contributed by atoms with E-state index in [0.717, 1.165) is 5.56 Å². The number of nitrogens with one attached hydrogen (secondary N) is 1. The molecule has 0 unspecified atom stereocenters. The average Bonchev–Trinajstić information content (AvgIpc) is 3.68. The summed E-state index contributed by atoms with van der Waals surface area (Å²) in [6, 6.07) is 13.3. The Hall–Kier alpha value is -3.56. The van der Waals surface area contributed by atoms with Gasteiger partial charge >= 0.3 is 0 Å². The summed E-state index contributed by atoms with van der Waals surface area (Å²) in [7, 11) is 0.798. The van der Waals surface area contributed by atoms with Gasteiger partial charge in [-0.3, -0.25) is 9.59 Å². The molecule has 1 saturated carbocycles. The Balaban J connectivity index is 1.57. The van der Waals surface area contributed by atoms with Gasteiger partial charge in [-0.1, -0.05) is 26.8 Å². The SMILES string of the molecule is COc1cc(OC)cc(C(=O)Nc2ccc(C)c(-c3ccc(C(=O)C4(O[Si](C)(C)C(C)(C)C)CC4)c(F)n3)c2)c1. The molecule has 0 spiro atoms. The number of nitrogens with zero attached hydrogens (tertiary/aromatic N) is 1. The van der Waals surface area contributed by atoms with Crippen LogP contribution in [0.5, 0.6) is 11.5 Å². The van der Waals surface area contributed by atoms with Crippen LogP contribution in [0.4, 0.5) is 10.1 Å². The summed E-state index contributed by atoms with van der Waals surface area (Å²) in [6.45, 7) is 12.4.